The number of aryl methyl sites for hydroxylation is 1. The highest BCUT2D eigenvalue weighted by molar-refractivity contribution is 7.89. The number of carboxylic acids is 1. The first-order valence-corrected chi connectivity index (χ1v) is 8.25. The van der Waals surface area contributed by atoms with Gasteiger partial charge in [-0.2, -0.15) is 5.26 Å². The molecule has 0 aliphatic carbocycles. The predicted molar refractivity (Wildman–Crippen MR) is 83.3 cm³/mol. The second kappa shape index (κ2) is 6.78. The Morgan fingerprint density at radius 1 is 1.29 bits per heavy atom. The van der Waals surface area contributed by atoms with Crippen LogP contribution in [0.2, 0.25) is 0 Å². The third kappa shape index (κ3) is 3.76. The summed E-state index contributed by atoms with van der Waals surface area (Å²) in [4.78, 5) is 10.9. The molecule has 24 heavy (non-hydrogen) atoms. The van der Waals surface area contributed by atoms with Crippen molar-refractivity contribution in [3.05, 3.63) is 64.5 Å². The molecular formula is C16H13FN2O4S. The molecule has 0 heterocycles. The van der Waals surface area contributed by atoms with E-state index in [-0.39, 0.29) is 28.1 Å². The number of benzene rings is 2. The van der Waals surface area contributed by atoms with Crippen LogP contribution in [0.5, 0.6) is 0 Å². The minimum absolute atomic E-state index is 0.0168. The maximum absolute atomic E-state index is 13.7. The highest BCUT2D eigenvalue weighted by Crippen LogP contribution is 2.17. The van der Waals surface area contributed by atoms with Gasteiger partial charge >= 0.3 is 5.97 Å². The normalized spacial score (nSPS) is 11.0. The topological polar surface area (TPSA) is 107 Å². The van der Waals surface area contributed by atoms with Gasteiger partial charge in [-0.1, -0.05) is 6.07 Å². The molecule has 0 aromatic heterocycles. The summed E-state index contributed by atoms with van der Waals surface area (Å²) < 4.78 is 40.4. The SMILES string of the molecule is Cc1ccc(S(=O)(=O)NCc2cc(C#N)ccc2F)cc1C(=O)O. The molecule has 2 rings (SSSR count). The summed E-state index contributed by atoms with van der Waals surface area (Å²) in [6.45, 7) is 1.19. The van der Waals surface area contributed by atoms with E-state index in [4.69, 9.17) is 10.4 Å². The lowest BCUT2D eigenvalue weighted by molar-refractivity contribution is 0.0696. The number of nitrogens with one attached hydrogen (secondary N) is 1. The molecule has 124 valence electrons. The van der Waals surface area contributed by atoms with Crippen molar-refractivity contribution >= 4 is 16.0 Å². The Labute approximate surface area is 138 Å². The zero-order valence-corrected chi connectivity index (χ0v) is 13.4. The van der Waals surface area contributed by atoms with Gasteiger partial charge in [0.05, 0.1) is 22.1 Å². The first-order valence-electron chi connectivity index (χ1n) is 6.77. The summed E-state index contributed by atoms with van der Waals surface area (Å²) in [7, 11) is -4.03. The lowest BCUT2D eigenvalue weighted by atomic mass is 10.1. The third-order valence-corrected chi connectivity index (χ3v) is 4.78. The number of aromatic carboxylic acids is 1. The van der Waals surface area contributed by atoms with Crippen LogP contribution in [0, 0.1) is 24.1 Å². The van der Waals surface area contributed by atoms with Crippen molar-refractivity contribution in [1.29, 1.82) is 5.26 Å². The van der Waals surface area contributed by atoms with Crippen molar-refractivity contribution in [2.24, 2.45) is 0 Å². The molecule has 0 saturated heterocycles. The van der Waals surface area contributed by atoms with E-state index in [1.807, 2.05) is 6.07 Å². The van der Waals surface area contributed by atoms with Crippen molar-refractivity contribution in [3.63, 3.8) is 0 Å². The van der Waals surface area contributed by atoms with Gasteiger partial charge in [0.2, 0.25) is 10.0 Å². The Hall–Kier alpha value is -2.76. The van der Waals surface area contributed by atoms with Gasteiger partial charge in [0.1, 0.15) is 5.82 Å². The zero-order valence-electron chi connectivity index (χ0n) is 12.6. The number of sulfonamides is 1. The Morgan fingerprint density at radius 2 is 2.00 bits per heavy atom. The van der Waals surface area contributed by atoms with Crippen LogP contribution >= 0.6 is 0 Å². The first-order chi connectivity index (χ1) is 11.2. The number of halogens is 1. The van der Waals surface area contributed by atoms with E-state index in [0.717, 1.165) is 12.1 Å². The molecule has 2 aromatic rings. The van der Waals surface area contributed by atoms with Crippen molar-refractivity contribution in [1.82, 2.24) is 4.72 Å². The van der Waals surface area contributed by atoms with Gasteiger partial charge in [0.25, 0.3) is 0 Å². The Bertz CT molecular complexity index is 949. The predicted octanol–water partition coefficient (Wildman–Crippen LogP) is 2.18. The molecule has 0 amide bonds. The van der Waals surface area contributed by atoms with Crippen LogP contribution in [0.15, 0.2) is 41.3 Å². The summed E-state index contributed by atoms with van der Waals surface area (Å²) in [6, 6.07) is 9.15. The second-order valence-corrected chi connectivity index (χ2v) is 6.79. The minimum atomic E-state index is -4.03. The highest BCUT2D eigenvalue weighted by Gasteiger charge is 2.18. The molecule has 0 atom stereocenters. The van der Waals surface area contributed by atoms with E-state index in [9.17, 15) is 17.6 Å². The summed E-state index contributed by atoms with van der Waals surface area (Å²) in [5.74, 6) is -1.89. The van der Waals surface area contributed by atoms with E-state index < -0.39 is 21.8 Å². The number of hydrogen-bond acceptors (Lipinski definition) is 4. The van der Waals surface area contributed by atoms with Crippen LogP contribution in [0.1, 0.15) is 27.0 Å². The van der Waals surface area contributed by atoms with Gasteiger partial charge in [-0.3, -0.25) is 0 Å². The minimum Gasteiger partial charge on any atom is -0.478 e. The van der Waals surface area contributed by atoms with E-state index >= 15 is 0 Å². The molecule has 2 N–H and O–H groups in total. The van der Waals surface area contributed by atoms with Crippen LogP contribution in [0.4, 0.5) is 4.39 Å². The third-order valence-electron chi connectivity index (χ3n) is 3.38. The molecule has 0 aliphatic heterocycles. The largest absolute Gasteiger partial charge is 0.478 e. The van der Waals surface area contributed by atoms with E-state index in [1.165, 1.54) is 24.3 Å². The lowest BCUT2D eigenvalue weighted by Gasteiger charge is -2.09. The average Bonchev–Trinajstić information content (AvgIpc) is 2.54. The van der Waals surface area contributed by atoms with Gasteiger partial charge < -0.3 is 5.11 Å². The summed E-state index contributed by atoms with van der Waals surface area (Å²) in [5.41, 5.74) is 0.516. The summed E-state index contributed by atoms with van der Waals surface area (Å²) in [5, 5.41) is 17.9. The number of nitrogens with zero attached hydrogens (tertiary/aromatic N) is 1. The smallest absolute Gasteiger partial charge is 0.335 e. The molecule has 0 unspecified atom stereocenters. The van der Waals surface area contributed by atoms with E-state index in [2.05, 4.69) is 4.72 Å². The molecular weight excluding hydrogens is 335 g/mol. The number of carbonyl (C=O) groups is 1. The van der Waals surface area contributed by atoms with Crippen LogP contribution < -0.4 is 4.72 Å². The van der Waals surface area contributed by atoms with Crippen molar-refractivity contribution < 1.29 is 22.7 Å². The number of rotatable bonds is 5. The fourth-order valence-electron chi connectivity index (χ4n) is 2.03. The Morgan fingerprint density at radius 3 is 2.62 bits per heavy atom. The fourth-order valence-corrected chi connectivity index (χ4v) is 3.07. The monoisotopic (exact) mass is 348 g/mol. The lowest BCUT2D eigenvalue weighted by Crippen LogP contribution is -2.24. The maximum atomic E-state index is 13.7. The highest BCUT2D eigenvalue weighted by atomic mass is 32.2. The average molecular weight is 348 g/mol. The molecule has 0 aliphatic rings. The molecule has 6 nitrogen and oxygen atoms in total. The molecule has 0 radical (unpaired) electrons. The molecule has 8 heteroatoms. The van der Waals surface area contributed by atoms with Crippen molar-refractivity contribution in [2.45, 2.75) is 18.4 Å². The summed E-state index contributed by atoms with van der Waals surface area (Å²) in [6.07, 6.45) is 0. The second-order valence-electron chi connectivity index (χ2n) is 5.02. The van der Waals surface area contributed by atoms with E-state index in [1.54, 1.807) is 6.92 Å². The van der Waals surface area contributed by atoms with Gasteiger partial charge in [0, 0.05) is 12.1 Å². The number of carboxylic acid groups (broad SMARTS) is 1. The molecule has 0 saturated carbocycles. The van der Waals surface area contributed by atoms with Crippen LogP contribution in [0.3, 0.4) is 0 Å². The van der Waals surface area contributed by atoms with Gasteiger partial charge in [-0.25, -0.2) is 22.3 Å². The van der Waals surface area contributed by atoms with Crippen LogP contribution in [0.25, 0.3) is 0 Å². The Kier molecular flexibility index (Phi) is 4.97. The molecule has 0 bridgehead atoms. The van der Waals surface area contributed by atoms with Gasteiger partial charge in [0.15, 0.2) is 0 Å². The standard InChI is InChI=1S/C16H13FN2O4S/c1-10-2-4-13(7-14(10)16(20)21)24(22,23)19-9-12-6-11(8-18)3-5-15(12)17/h2-7,19H,9H2,1H3,(H,20,21). The van der Waals surface area contributed by atoms with Crippen molar-refractivity contribution in [2.75, 3.05) is 0 Å². The maximum Gasteiger partial charge on any atom is 0.335 e. The van der Waals surface area contributed by atoms with Crippen molar-refractivity contribution in [3.8, 4) is 6.07 Å². The van der Waals surface area contributed by atoms with Gasteiger partial charge in [-0.15, -0.1) is 0 Å². The zero-order chi connectivity index (χ0) is 17.9. The van der Waals surface area contributed by atoms with Gasteiger partial charge in [-0.05, 0) is 42.8 Å². The van der Waals surface area contributed by atoms with E-state index in [0.29, 0.717) is 5.56 Å². The fraction of sp³-hybridized carbons (Fsp3) is 0.125. The summed E-state index contributed by atoms with van der Waals surface area (Å²) >= 11 is 0. The number of hydrogen-bond donors (Lipinski definition) is 2. The van der Waals surface area contributed by atoms with Crippen LogP contribution in [-0.4, -0.2) is 19.5 Å². The number of nitriles is 1. The molecule has 2 aromatic carbocycles. The molecule has 0 fully saturated rings. The molecule has 0 spiro atoms. The quantitative estimate of drug-likeness (QED) is 0.861. The Balaban J connectivity index is 2.28. The van der Waals surface area contributed by atoms with Crippen LogP contribution in [-0.2, 0) is 16.6 Å². The first kappa shape index (κ1) is 17.6.